The van der Waals surface area contributed by atoms with Gasteiger partial charge in [-0.1, -0.05) is 20.1 Å². The number of aliphatic hydroxyl groups is 2. The number of hydrogen-bond acceptors (Lipinski definition) is 12. The van der Waals surface area contributed by atoms with E-state index >= 15 is 0 Å². The van der Waals surface area contributed by atoms with Gasteiger partial charge in [-0.05, 0) is 62.0 Å². The Morgan fingerprint density at radius 1 is 0.830 bits per heavy atom. The number of carbonyl (C=O) groups is 1. The van der Waals surface area contributed by atoms with E-state index in [0.717, 1.165) is 56.1 Å². The van der Waals surface area contributed by atoms with Crippen LogP contribution >= 0.6 is 0 Å². The lowest BCUT2D eigenvalue weighted by Gasteiger charge is -2.80. The summed E-state index contributed by atoms with van der Waals surface area (Å²) in [6.07, 6.45) is 5.26. The fraction of sp³-hybridized carbons (Fsp3) is 0.878. The molecule has 11 rings (SSSR count). The second-order valence-electron chi connectivity index (χ2n) is 18.2. The van der Waals surface area contributed by atoms with Crippen LogP contribution in [0.5, 0.6) is 0 Å². The molecule has 1 aliphatic carbocycles. The Kier molecular flexibility index (Phi) is 9.12. The topological polar surface area (TPSA) is 141 Å². The Labute approximate surface area is 312 Å². The summed E-state index contributed by atoms with van der Waals surface area (Å²) in [5.41, 5.74) is 2.18. The van der Waals surface area contributed by atoms with Crippen molar-refractivity contribution in [3.8, 4) is 0 Å². The molecule has 10 bridgehead atoms. The van der Waals surface area contributed by atoms with Crippen molar-refractivity contribution in [2.24, 2.45) is 23.7 Å². The van der Waals surface area contributed by atoms with Crippen LogP contribution in [0.3, 0.4) is 0 Å². The summed E-state index contributed by atoms with van der Waals surface area (Å²) in [6.45, 7) is 10.7. The van der Waals surface area contributed by atoms with Gasteiger partial charge in [-0.3, -0.25) is 4.79 Å². The molecule has 2 N–H and O–H groups in total. The van der Waals surface area contributed by atoms with Crippen molar-refractivity contribution in [2.45, 2.75) is 187 Å². The van der Waals surface area contributed by atoms with Crippen LogP contribution in [0.4, 0.5) is 0 Å². The molecule has 11 fully saturated rings. The number of hydrogen-bond donors (Lipinski definition) is 2. The number of carbonyl (C=O) groups excluding carboxylic acids is 1. The Bertz CT molecular complexity index is 1470. The average molecular weight is 743 g/mol. The fourth-order valence-corrected chi connectivity index (χ4v) is 12.4. The monoisotopic (exact) mass is 742 g/mol. The molecular formula is C41H58O12. The molecule has 0 radical (unpaired) electrons. The maximum Gasteiger partial charge on any atom is 0.187 e. The third-order valence-electron chi connectivity index (χ3n) is 15.0. The Hall–Kier alpha value is -1.29. The normalized spacial score (nSPS) is 55.0. The van der Waals surface area contributed by atoms with E-state index in [1.54, 1.807) is 7.11 Å². The van der Waals surface area contributed by atoms with Crippen LogP contribution in [0.25, 0.3) is 0 Å². The first-order valence-electron chi connectivity index (χ1n) is 20.6. The molecule has 20 atom stereocenters. The summed E-state index contributed by atoms with van der Waals surface area (Å²) in [5.74, 6) is -1.14. The first-order chi connectivity index (χ1) is 25.6. The molecular weight excluding hydrogens is 684 g/mol. The maximum atomic E-state index is 14.1. The molecule has 0 aromatic heterocycles. The lowest BCUT2D eigenvalue weighted by atomic mass is 9.51. The number of ether oxygens (including phenoxy) is 9. The molecule has 294 valence electrons. The van der Waals surface area contributed by atoms with Crippen LogP contribution in [-0.2, 0) is 47.4 Å². The van der Waals surface area contributed by atoms with E-state index in [1.807, 2.05) is 0 Å². The standard InChI is InChI=1S/C41H58O12/c1-19-11-24-5-7-28-20(2)12-26(46-28)9-10-40-17-33-34-38-35(41(34,51-33)53-40)39(52-40)37-29(50-38)8-6-25(48-37)13-22(43)14-27-31(16-30(47-24)21(19)3)49-32(36(27)45-4)15-23(44)18-42/h19,23-39,42,44H,2-3,5-18H2,1,4H3/t19?,23?,24?,25?,26?,27?,28-,29?,30?,31-,32+,33?,34?,35?,36+,37-,38-,39?,40+,41?/m0/s1. The van der Waals surface area contributed by atoms with Crippen molar-refractivity contribution < 1.29 is 57.6 Å². The quantitative estimate of drug-likeness (QED) is 0.407. The van der Waals surface area contributed by atoms with Gasteiger partial charge in [-0.15, -0.1) is 0 Å². The van der Waals surface area contributed by atoms with E-state index in [0.29, 0.717) is 19.3 Å². The van der Waals surface area contributed by atoms with Gasteiger partial charge in [-0.2, -0.15) is 0 Å². The van der Waals surface area contributed by atoms with E-state index in [9.17, 15) is 15.0 Å². The summed E-state index contributed by atoms with van der Waals surface area (Å²) < 4.78 is 60.1. The molecule has 0 amide bonds. The van der Waals surface area contributed by atoms with E-state index in [2.05, 4.69) is 20.1 Å². The highest BCUT2D eigenvalue weighted by atomic mass is 16.8. The van der Waals surface area contributed by atoms with E-state index in [-0.39, 0.29) is 122 Å². The minimum Gasteiger partial charge on any atom is -0.394 e. The maximum absolute atomic E-state index is 14.1. The van der Waals surface area contributed by atoms with Gasteiger partial charge < -0.3 is 52.8 Å². The van der Waals surface area contributed by atoms with Crippen LogP contribution in [-0.4, -0.2) is 127 Å². The molecule has 10 heterocycles. The third kappa shape index (κ3) is 5.83. The molecule has 12 nitrogen and oxygen atoms in total. The number of aliphatic hydroxyl groups excluding tert-OH is 2. The van der Waals surface area contributed by atoms with Crippen molar-refractivity contribution in [1.82, 2.24) is 0 Å². The summed E-state index contributed by atoms with van der Waals surface area (Å²) in [4.78, 5) is 14.1. The minimum atomic E-state index is -0.949. The highest BCUT2D eigenvalue weighted by Crippen LogP contribution is 2.72. The zero-order valence-corrected chi connectivity index (χ0v) is 31.2. The van der Waals surface area contributed by atoms with Crippen molar-refractivity contribution in [3.63, 3.8) is 0 Å². The van der Waals surface area contributed by atoms with Crippen LogP contribution in [0, 0.1) is 23.7 Å². The predicted octanol–water partition coefficient (Wildman–Crippen LogP) is 3.68. The number of Topliss-reactive ketones (excluding diaryl/α,β-unsaturated/α-hetero) is 1. The molecule has 10 aliphatic heterocycles. The SMILES string of the molecule is C=C1C(C)CC2CC[C@@H]3OC(CC[C@]45CC6OC7(O4)C6[C@@H]4OC6CCC(CC(=O)CC8[C@H](CC1O2)O[C@H](CC(O)CO)[C@@H]8OC)O[C@@H]6C(O5)C47)CC3=C. The Morgan fingerprint density at radius 2 is 1.64 bits per heavy atom. The zero-order chi connectivity index (χ0) is 36.4. The molecule has 10 saturated heterocycles. The fourth-order valence-electron chi connectivity index (χ4n) is 12.4. The van der Waals surface area contributed by atoms with Gasteiger partial charge in [0.05, 0.1) is 91.7 Å². The molecule has 0 aromatic carbocycles. The Balaban J connectivity index is 0.935. The molecule has 13 unspecified atom stereocenters. The third-order valence-corrected chi connectivity index (χ3v) is 15.0. The van der Waals surface area contributed by atoms with E-state index in [4.69, 9.17) is 42.6 Å². The van der Waals surface area contributed by atoms with Gasteiger partial charge in [-0.25, -0.2) is 0 Å². The molecule has 53 heavy (non-hydrogen) atoms. The number of ketones is 1. The second-order valence-corrected chi connectivity index (χ2v) is 18.2. The molecule has 11 aliphatic rings. The molecule has 1 saturated carbocycles. The minimum absolute atomic E-state index is 0.0209. The zero-order valence-electron chi connectivity index (χ0n) is 31.2. The first-order valence-corrected chi connectivity index (χ1v) is 20.6. The van der Waals surface area contributed by atoms with Crippen LogP contribution in [0.1, 0.15) is 90.4 Å². The Morgan fingerprint density at radius 3 is 2.47 bits per heavy atom. The second kappa shape index (κ2) is 13.4. The number of rotatable bonds is 4. The summed E-state index contributed by atoms with van der Waals surface area (Å²) in [6, 6.07) is 0. The van der Waals surface area contributed by atoms with Crippen molar-refractivity contribution in [2.75, 3.05) is 13.7 Å². The lowest BCUT2D eigenvalue weighted by Crippen LogP contribution is -2.93. The lowest BCUT2D eigenvalue weighted by molar-refractivity contribution is -0.620. The summed E-state index contributed by atoms with van der Waals surface area (Å²) in [5, 5.41) is 20.1. The van der Waals surface area contributed by atoms with Gasteiger partial charge in [0.15, 0.2) is 11.6 Å². The summed E-state index contributed by atoms with van der Waals surface area (Å²) in [7, 11) is 1.63. The van der Waals surface area contributed by atoms with Gasteiger partial charge in [0, 0.05) is 51.6 Å². The van der Waals surface area contributed by atoms with E-state index < -0.39 is 29.9 Å². The van der Waals surface area contributed by atoms with Crippen LogP contribution in [0.15, 0.2) is 24.3 Å². The highest BCUT2D eigenvalue weighted by molar-refractivity contribution is 5.79. The van der Waals surface area contributed by atoms with Crippen molar-refractivity contribution in [3.05, 3.63) is 24.3 Å². The largest absolute Gasteiger partial charge is 0.394 e. The highest BCUT2D eigenvalue weighted by Gasteiger charge is 2.86. The van der Waals surface area contributed by atoms with Crippen LogP contribution < -0.4 is 0 Å². The first kappa shape index (κ1) is 36.1. The van der Waals surface area contributed by atoms with E-state index in [1.165, 1.54) is 0 Å². The van der Waals surface area contributed by atoms with Crippen molar-refractivity contribution >= 4 is 5.78 Å². The summed E-state index contributed by atoms with van der Waals surface area (Å²) >= 11 is 0. The predicted molar refractivity (Wildman–Crippen MR) is 186 cm³/mol. The van der Waals surface area contributed by atoms with Gasteiger partial charge in [0.1, 0.15) is 18.0 Å². The van der Waals surface area contributed by atoms with Crippen molar-refractivity contribution in [1.29, 1.82) is 0 Å². The number of fused-ring (bicyclic) bond motifs is 6. The molecule has 0 aromatic rings. The van der Waals surface area contributed by atoms with Crippen LogP contribution in [0.2, 0.25) is 0 Å². The number of methoxy groups -OCH3 is 1. The average Bonchev–Trinajstić information content (AvgIpc) is 3.64. The molecule has 12 heteroatoms. The van der Waals surface area contributed by atoms with Gasteiger partial charge >= 0.3 is 0 Å². The van der Waals surface area contributed by atoms with Gasteiger partial charge in [0.2, 0.25) is 0 Å². The van der Waals surface area contributed by atoms with Gasteiger partial charge in [0.25, 0.3) is 0 Å². The molecule has 2 spiro atoms. The smallest absolute Gasteiger partial charge is 0.187 e.